The lowest BCUT2D eigenvalue weighted by Gasteiger charge is -2.22. The molecule has 1 heterocycles. The Kier molecular flexibility index (Phi) is 5.77. The summed E-state index contributed by atoms with van der Waals surface area (Å²) in [7, 11) is 0. The van der Waals surface area contributed by atoms with Crippen LogP contribution >= 0.6 is 11.8 Å². The average Bonchev–Trinajstić information content (AvgIpc) is 2.81. The SMILES string of the molecule is CCNC(CCCC1CSc2ccccc21)C(C)C. The van der Waals surface area contributed by atoms with Gasteiger partial charge in [-0.1, -0.05) is 45.4 Å². The predicted molar refractivity (Wildman–Crippen MR) is 86.1 cm³/mol. The lowest BCUT2D eigenvalue weighted by molar-refractivity contribution is 0.369. The molecule has 2 rings (SSSR count). The number of hydrogen-bond donors (Lipinski definition) is 1. The molecule has 0 radical (unpaired) electrons. The van der Waals surface area contributed by atoms with Gasteiger partial charge >= 0.3 is 0 Å². The molecule has 0 saturated heterocycles. The van der Waals surface area contributed by atoms with E-state index in [-0.39, 0.29) is 0 Å². The summed E-state index contributed by atoms with van der Waals surface area (Å²) < 4.78 is 0. The van der Waals surface area contributed by atoms with Crippen LogP contribution in [0.2, 0.25) is 0 Å². The van der Waals surface area contributed by atoms with Crippen LogP contribution in [-0.4, -0.2) is 18.3 Å². The Morgan fingerprint density at radius 3 is 2.84 bits per heavy atom. The minimum absolute atomic E-state index is 0.689. The van der Waals surface area contributed by atoms with Crippen molar-refractivity contribution < 1.29 is 0 Å². The first-order valence-electron chi connectivity index (χ1n) is 7.67. The summed E-state index contributed by atoms with van der Waals surface area (Å²) in [5.41, 5.74) is 1.59. The molecule has 1 N–H and O–H groups in total. The van der Waals surface area contributed by atoms with E-state index in [1.807, 2.05) is 11.8 Å². The van der Waals surface area contributed by atoms with Gasteiger partial charge < -0.3 is 5.32 Å². The molecule has 0 spiro atoms. The summed E-state index contributed by atoms with van der Waals surface area (Å²) in [5.74, 6) is 2.81. The molecule has 2 atom stereocenters. The first kappa shape index (κ1) is 14.9. The molecule has 0 bridgehead atoms. The maximum absolute atomic E-state index is 3.62. The van der Waals surface area contributed by atoms with Crippen LogP contribution < -0.4 is 5.32 Å². The van der Waals surface area contributed by atoms with Crippen LogP contribution in [0.4, 0.5) is 0 Å². The van der Waals surface area contributed by atoms with Gasteiger partial charge in [0.25, 0.3) is 0 Å². The van der Waals surface area contributed by atoms with Crippen molar-refractivity contribution in [1.82, 2.24) is 5.32 Å². The summed E-state index contributed by atoms with van der Waals surface area (Å²) in [6, 6.07) is 9.63. The zero-order chi connectivity index (χ0) is 13.7. The van der Waals surface area contributed by atoms with Gasteiger partial charge in [0.2, 0.25) is 0 Å². The van der Waals surface area contributed by atoms with E-state index in [0.29, 0.717) is 6.04 Å². The summed E-state index contributed by atoms with van der Waals surface area (Å²) in [6.45, 7) is 7.95. The van der Waals surface area contributed by atoms with Crippen LogP contribution in [0.1, 0.15) is 51.5 Å². The van der Waals surface area contributed by atoms with Gasteiger partial charge in [0.05, 0.1) is 0 Å². The Morgan fingerprint density at radius 2 is 2.11 bits per heavy atom. The van der Waals surface area contributed by atoms with E-state index >= 15 is 0 Å². The number of rotatable bonds is 7. The van der Waals surface area contributed by atoms with Gasteiger partial charge in [0.1, 0.15) is 0 Å². The van der Waals surface area contributed by atoms with Crippen molar-refractivity contribution in [3.05, 3.63) is 29.8 Å². The highest BCUT2D eigenvalue weighted by molar-refractivity contribution is 7.99. The first-order valence-corrected chi connectivity index (χ1v) is 8.66. The van der Waals surface area contributed by atoms with E-state index in [1.165, 1.54) is 29.9 Å². The lowest BCUT2D eigenvalue weighted by Crippen LogP contribution is -2.33. The van der Waals surface area contributed by atoms with E-state index in [4.69, 9.17) is 0 Å². The maximum Gasteiger partial charge on any atom is 0.0107 e. The minimum atomic E-state index is 0.689. The Bertz CT molecular complexity index is 389. The van der Waals surface area contributed by atoms with Crippen LogP contribution in [0, 0.1) is 5.92 Å². The third-order valence-electron chi connectivity index (χ3n) is 4.14. The molecule has 0 fully saturated rings. The van der Waals surface area contributed by atoms with Crippen molar-refractivity contribution in [3.63, 3.8) is 0 Å². The highest BCUT2D eigenvalue weighted by Gasteiger charge is 2.22. The van der Waals surface area contributed by atoms with Crippen LogP contribution in [0.25, 0.3) is 0 Å². The highest BCUT2D eigenvalue weighted by Crippen LogP contribution is 2.41. The van der Waals surface area contributed by atoms with Gasteiger partial charge in [0, 0.05) is 16.7 Å². The number of benzene rings is 1. The molecule has 0 saturated carbocycles. The second kappa shape index (κ2) is 7.35. The molecule has 2 unspecified atom stereocenters. The third kappa shape index (κ3) is 4.00. The normalized spacial score (nSPS) is 19.7. The molecule has 1 aromatic carbocycles. The lowest BCUT2D eigenvalue weighted by atomic mass is 9.92. The van der Waals surface area contributed by atoms with Gasteiger partial charge in [-0.3, -0.25) is 0 Å². The number of fused-ring (bicyclic) bond motifs is 1. The zero-order valence-corrected chi connectivity index (χ0v) is 13.3. The molecule has 0 aliphatic carbocycles. The van der Waals surface area contributed by atoms with E-state index in [2.05, 4.69) is 50.4 Å². The van der Waals surface area contributed by atoms with Crippen LogP contribution in [-0.2, 0) is 0 Å². The van der Waals surface area contributed by atoms with Crippen LogP contribution in [0.15, 0.2) is 29.2 Å². The quantitative estimate of drug-likeness (QED) is 0.776. The molecule has 0 aromatic heterocycles. The zero-order valence-electron chi connectivity index (χ0n) is 12.5. The van der Waals surface area contributed by atoms with Crippen molar-refractivity contribution in [2.45, 2.75) is 56.9 Å². The van der Waals surface area contributed by atoms with E-state index in [1.54, 1.807) is 5.56 Å². The smallest absolute Gasteiger partial charge is 0.0107 e. The topological polar surface area (TPSA) is 12.0 Å². The summed E-state index contributed by atoms with van der Waals surface area (Å²) >= 11 is 2.04. The van der Waals surface area contributed by atoms with Crippen molar-refractivity contribution in [1.29, 1.82) is 0 Å². The number of thioether (sulfide) groups is 1. The van der Waals surface area contributed by atoms with Crippen molar-refractivity contribution in [2.75, 3.05) is 12.3 Å². The second-order valence-electron chi connectivity index (χ2n) is 5.88. The fourth-order valence-corrected chi connectivity index (χ4v) is 4.29. The first-order chi connectivity index (χ1) is 9.22. The highest BCUT2D eigenvalue weighted by atomic mass is 32.2. The molecule has 2 heteroatoms. The van der Waals surface area contributed by atoms with E-state index in [9.17, 15) is 0 Å². The van der Waals surface area contributed by atoms with Crippen molar-refractivity contribution in [3.8, 4) is 0 Å². The third-order valence-corrected chi connectivity index (χ3v) is 5.39. The second-order valence-corrected chi connectivity index (χ2v) is 6.95. The monoisotopic (exact) mass is 277 g/mol. The van der Waals surface area contributed by atoms with E-state index < -0.39 is 0 Å². The van der Waals surface area contributed by atoms with Gasteiger partial charge in [-0.25, -0.2) is 0 Å². The number of hydrogen-bond acceptors (Lipinski definition) is 2. The van der Waals surface area contributed by atoms with Gasteiger partial charge in [-0.15, -0.1) is 11.8 Å². The Labute approximate surface area is 122 Å². The molecule has 106 valence electrons. The van der Waals surface area contributed by atoms with Gasteiger partial charge in [0.15, 0.2) is 0 Å². The molecule has 1 aliphatic heterocycles. The Balaban J connectivity index is 1.80. The Morgan fingerprint density at radius 1 is 1.32 bits per heavy atom. The van der Waals surface area contributed by atoms with E-state index in [0.717, 1.165) is 18.4 Å². The molecule has 19 heavy (non-hydrogen) atoms. The molecule has 1 aromatic rings. The van der Waals surface area contributed by atoms with Gasteiger partial charge in [-0.2, -0.15) is 0 Å². The maximum atomic E-state index is 3.62. The molecular formula is C17H27NS. The average molecular weight is 277 g/mol. The summed E-state index contributed by atoms with van der Waals surface area (Å²) in [4.78, 5) is 1.51. The van der Waals surface area contributed by atoms with Crippen LogP contribution in [0.3, 0.4) is 0 Å². The summed E-state index contributed by atoms with van der Waals surface area (Å²) in [5, 5.41) is 3.62. The Hall–Kier alpha value is -0.470. The molecule has 1 nitrogen and oxygen atoms in total. The van der Waals surface area contributed by atoms with Gasteiger partial charge in [-0.05, 0) is 42.9 Å². The molecule has 1 aliphatic rings. The largest absolute Gasteiger partial charge is 0.314 e. The standard InChI is InChI=1S/C17H27NS/c1-4-18-16(13(2)3)10-7-8-14-12-19-17-11-6-5-9-15(14)17/h5-6,9,11,13-14,16,18H,4,7-8,10,12H2,1-3H3. The van der Waals surface area contributed by atoms with Crippen molar-refractivity contribution in [2.24, 2.45) is 5.92 Å². The minimum Gasteiger partial charge on any atom is -0.314 e. The fourth-order valence-electron chi connectivity index (χ4n) is 2.99. The summed E-state index contributed by atoms with van der Waals surface area (Å²) in [6.07, 6.45) is 4.00. The van der Waals surface area contributed by atoms with Crippen LogP contribution in [0.5, 0.6) is 0 Å². The predicted octanol–water partition coefficient (Wildman–Crippen LogP) is 4.68. The fraction of sp³-hybridized carbons (Fsp3) is 0.647. The molecule has 0 amide bonds. The molecular weight excluding hydrogens is 250 g/mol. The number of nitrogens with one attached hydrogen (secondary N) is 1. The van der Waals surface area contributed by atoms with Crippen molar-refractivity contribution >= 4 is 11.8 Å².